The number of carboxylic acids is 1. The Hall–Kier alpha value is -1.71. The Labute approximate surface area is 86.3 Å². The van der Waals surface area contributed by atoms with Gasteiger partial charge in [-0.2, -0.15) is 0 Å². The van der Waals surface area contributed by atoms with Crippen LogP contribution in [0.25, 0.3) is 0 Å². The molecule has 0 bridgehead atoms. The molecule has 0 fully saturated rings. The van der Waals surface area contributed by atoms with Crippen LogP contribution in [0.5, 0.6) is 0 Å². The van der Waals surface area contributed by atoms with E-state index in [1.54, 1.807) is 31.2 Å². The fourth-order valence-corrected chi connectivity index (χ4v) is 1.73. The molecular formula is C11H10FNO2. The number of carboxylic acid groups (broad SMARTS) is 1. The molecule has 0 saturated heterocycles. The van der Waals surface area contributed by atoms with Crippen LogP contribution >= 0.6 is 0 Å². The number of rotatable bonds is 1. The molecule has 1 aromatic rings. The van der Waals surface area contributed by atoms with E-state index in [1.807, 2.05) is 0 Å². The molecule has 3 nitrogen and oxygen atoms in total. The van der Waals surface area contributed by atoms with Crippen LogP contribution in [-0.4, -0.2) is 23.1 Å². The van der Waals surface area contributed by atoms with E-state index >= 15 is 0 Å². The maximum Gasteiger partial charge on any atom is 0.354 e. The van der Waals surface area contributed by atoms with Crippen molar-refractivity contribution in [2.24, 2.45) is 4.99 Å². The summed E-state index contributed by atoms with van der Waals surface area (Å²) in [6.45, 7) is 1.70. The quantitative estimate of drug-likeness (QED) is 0.716. The van der Waals surface area contributed by atoms with E-state index in [4.69, 9.17) is 5.11 Å². The molecule has 0 radical (unpaired) electrons. The Balaban J connectivity index is 2.61. The van der Waals surface area contributed by atoms with Crippen molar-refractivity contribution in [3.63, 3.8) is 0 Å². The van der Waals surface area contributed by atoms with Gasteiger partial charge in [-0.15, -0.1) is 0 Å². The largest absolute Gasteiger partial charge is 0.477 e. The summed E-state index contributed by atoms with van der Waals surface area (Å²) in [7, 11) is 0. The summed E-state index contributed by atoms with van der Waals surface area (Å²) in [5.41, 5.74) is 1.04. The lowest BCUT2D eigenvalue weighted by atomic mass is 9.90. The van der Waals surface area contributed by atoms with Crippen LogP contribution < -0.4 is 0 Å². The highest BCUT2D eigenvalue weighted by Crippen LogP contribution is 2.30. The molecule has 0 aliphatic carbocycles. The SMILES string of the molecule is CC1c2ccccc2C(C(=O)O)=NC1F. The maximum atomic E-state index is 13.4. The van der Waals surface area contributed by atoms with Gasteiger partial charge in [0, 0.05) is 11.5 Å². The lowest BCUT2D eigenvalue weighted by Gasteiger charge is -2.22. The van der Waals surface area contributed by atoms with Crippen LogP contribution in [0.4, 0.5) is 4.39 Å². The van der Waals surface area contributed by atoms with Crippen molar-refractivity contribution >= 4 is 11.7 Å². The van der Waals surface area contributed by atoms with Crippen molar-refractivity contribution in [2.75, 3.05) is 0 Å². The van der Waals surface area contributed by atoms with Gasteiger partial charge in [-0.3, -0.25) is 0 Å². The topological polar surface area (TPSA) is 49.7 Å². The van der Waals surface area contributed by atoms with Gasteiger partial charge in [0.05, 0.1) is 0 Å². The zero-order valence-corrected chi connectivity index (χ0v) is 8.14. The van der Waals surface area contributed by atoms with Crippen LogP contribution in [0.1, 0.15) is 24.0 Å². The van der Waals surface area contributed by atoms with Gasteiger partial charge in [0.2, 0.25) is 0 Å². The lowest BCUT2D eigenvalue weighted by Crippen LogP contribution is -2.26. The fraction of sp³-hybridized carbons (Fsp3) is 0.273. The molecule has 1 N–H and O–H groups in total. The minimum atomic E-state index is -1.47. The summed E-state index contributed by atoms with van der Waals surface area (Å²) in [4.78, 5) is 14.4. The third-order valence-corrected chi connectivity index (χ3v) is 2.57. The zero-order chi connectivity index (χ0) is 11.0. The molecule has 1 aliphatic rings. The van der Waals surface area contributed by atoms with Crippen LogP contribution in [-0.2, 0) is 4.79 Å². The summed E-state index contributed by atoms with van der Waals surface area (Å²) < 4.78 is 13.4. The van der Waals surface area contributed by atoms with E-state index in [0.29, 0.717) is 11.1 Å². The molecule has 4 heteroatoms. The minimum absolute atomic E-state index is 0.184. The van der Waals surface area contributed by atoms with Gasteiger partial charge in [-0.05, 0) is 5.56 Å². The first-order chi connectivity index (χ1) is 7.11. The molecule has 2 unspecified atom stereocenters. The Morgan fingerprint density at radius 2 is 2.13 bits per heavy atom. The first-order valence-electron chi connectivity index (χ1n) is 4.65. The lowest BCUT2D eigenvalue weighted by molar-refractivity contribution is -0.129. The highest BCUT2D eigenvalue weighted by molar-refractivity contribution is 6.43. The highest BCUT2D eigenvalue weighted by Gasteiger charge is 2.30. The smallest absolute Gasteiger partial charge is 0.354 e. The van der Waals surface area contributed by atoms with Gasteiger partial charge in [-0.25, -0.2) is 14.2 Å². The number of benzene rings is 1. The summed E-state index contributed by atoms with van der Waals surface area (Å²) in [6, 6.07) is 6.89. The predicted molar refractivity (Wildman–Crippen MR) is 53.9 cm³/mol. The van der Waals surface area contributed by atoms with Gasteiger partial charge >= 0.3 is 5.97 Å². The minimum Gasteiger partial charge on any atom is -0.477 e. The van der Waals surface area contributed by atoms with Crippen LogP contribution in [0.15, 0.2) is 29.3 Å². The number of hydrogen-bond donors (Lipinski definition) is 1. The Kier molecular flexibility index (Phi) is 2.26. The van der Waals surface area contributed by atoms with Crippen LogP contribution in [0.2, 0.25) is 0 Å². The van der Waals surface area contributed by atoms with E-state index in [9.17, 15) is 9.18 Å². The summed E-state index contributed by atoms with van der Waals surface area (Å²) in [5, 5.41) is 8.89. The molecule has 1 heterocycles. The molecular weight excluding hydrogens is 197 g/mol. The fourth-order valence-electron chi connectivity index (χ4n) is 1.73. The van der Waals surface area contributed by atoms with E-state index in [1.165, 1.54) is 0 Å². The molecule has 1 aromatic carbocycles. The van der Waals surface area contributed by atoms with Crippen LogP contribution in [0.3, 0.4) is 0 Å². The average Bonchev–Trinajstić information content (AvgIpc) is 2.23. The molecule has 15 heavy (non-hydrogen) atoms. The first-order valence-corrected chi connectivity index (χ1v) is 4.65. The Bertz CT molecular complexity index is 442. The van der Waals surface area contributed by atoms with Crippen molar-refractivity contribution in [1.82, 2.24) is 0 Å². The molecule has 2 atom stereocenters. The standard InChI is InChI=1S/C11H10FNO2/c1-6-7-4-2-3-5-8(7)9(11(14)15)13-10(6)12/h2-6,10H,1H3,(H,14,15). The summed E-state index contributed by atoms with van der Waals surface area (Å²) in [6.07, 6.45) is -1.47. The van der Waals surface area contributed by atoms with Crippen molar-refractivity contribution < 1.29 is 14.3 Å². The molecule has 78 valence electrons. The third-order valence-electron chi connectivity index (χ3n) is 2.57. The molecule has 0 saturated carbocycles. The average molecular weight is 207 g/mol. The van der Waals surface area contributed by atoms with E-state index in [2.05, 4.69) is 4.99 Å². The number of halogens is 1. The Morgan fingerprint density at radius 1 is 1.47 bits per heavy atom. The number of alkyl halides is 1. The first kappa shape index (κ1) is 9.83. The van der Waals surface area contributed by atoms with Gasteiger partial charge in [0.15, 0.2) is 12.0 Å². The molecule has 1 aliphatic heterocycles. The van der Waals surface area contributed by atoms with Gasteiger partial charge < -0.3 is 5.11 Å². The van der Waals surface area contributed by atoms with Crippen molar-refractivity contribution in [1.29, 1.82) is 0 Å². The number of aliphatic imine (C=N–C) groups is 1. The van der Waals surface area contributed by atoms with Crippen molar-refractivity contribution in [3.05, 3.63) is 35.4 Å². The van der Waals surface area contributed by atoms with Crippen molar-refractivity contribution in [2.45, 2.75) is 19.1 Å². The summed E-state index contributed by atoms with van der Waals surface area (Å²) in [5.74, 6) is -1.57. The second-order valence-corrected chi connectivity index (χ2v) is 3.53. The highest BCUT2D eigenvalue weighted by atomic mass is 19.1. The second kappa shape index (κ2) is 3.46. The number of fused-ring (bicyclic) bond motifs is 1. The van der Waals surface area contributed by atoms with Gasteiger partial charge in [-0.1, -0.05) is 31.2 Å². The van der Waals surface area contributed by atoms with Crippen molar-refractivity contribution in [3.8, 4) is 0 Å². The van der Waals surface area contributed by atoms with Crippen LogP contribution in [0, 0.1) is 0 Å². The van der Waals surface area contributed by atoms with E-state index in [-0.39, 0.29) is 11.6 Å². The van der Waals surface area contributed by atoms with E-state index < -0.39 is 12.3 Å². The number of hydrogen-bond acceptors (Lipinski definition) is 2. The van der Waals surface area contributed by atoms with E-state index in [0.717, 1.165) is 0 Å². The molecule has 0 amide bonds. The molecule has 0 spiro atoms. The Morgan fingerprint density at radius 3 is 2.80 bits per heavy atom. The maximum absolute atomic E-state index is 13.4. The zero-order valence-electron chi connectivity index (χ0n) is 8.14. The predicted octanol–water partition coefficient (Wildman–Crippen LogP) is 1.97. The number of carbonyl (C=O) groups is 1. The van der Waals surface area contributed by atoms with Gasteiger partial charge in [0.1, 0.15) is 0 Å². The normalized spacial score (nSPS) is 24.3. The number of aliphatic carboxylic acids is 1. The van der Waals surface area contributed by atoms with Gasteiger partial charge in [0.25, 0.3) is 0 Å². The summed E-state index contributed by atoms with van der Waals surface area (Å²) >= 11 is 0. The number of nitrogens with zero attached hydrogens (tertiary/aromatic N) is 1. The monoisotopic (exact) mass is 207 g/mol. The second-order valence-electron chi connectivity index (χ2n) is 3.53. The molecule has 0 aromatic heterocycles. The third kappa shape index (κ3) is 1.52. The molecule has 2 rings (SSSR count).